The molecule has 1 aliphatic carbocycles. The van der Waals surface area contributed by atoms with Crippen LogP contribution in [0.2, 0.25) is 0 Å². The van der Waals surface area contributed by atoms with Crippen molar-refractivity contribution in [3.05, 3.63) is 63.9 Å². The first-order valence-electron chi connectivity index (χ1n) is 9.01. The van der Waals surface area contributed by atoms with Gasteiger partial charge in [0.1, 0.15) is 0 Å². The SMILES string of the molecule is Cc1ccc(C(NC(=O)/C=C/c2c(C)nc3sc(C)cn23)C2CC2)cc1. The lowest BCUT2D eigenvalue weighted by molar-refractivity contribution is -0.117. The van der Waals surface area contributed by atoms with Gasteiger partial charge < -0.3 is 5.32 Å². The van der Waals surface area contributed by atoms with E-state index in [2.05, 4.69) is 59.0 Å². The fourth-order valence-electron chi connectivity index (χ4n) is 3.31. The highest BCUT2D eigenvalue weighted by Crippen LogP contribution is 2.41. The lowest BCUT2D eigenvalue weighted by atomic mass is 10.0. The Kier molecular flexibility index (Phi) is 4.41. The molecule has 3 aromatic rings. The molecule has 2 heterocycles. The fraction of sp³-hybridized carbons (Fsp3) is 0.333. The minimum absolute atomic E-state index is 0.0521. The third-order valence-electron chi connectivity index (χ3n) is 4.88. The van der Waals surface area contributed by atoms with Gasteiger partial charge >= 0.3 is 0 Å². The van der Waals surface area contributed by atoms with Crippen molar-refractivity contribution in [1.29, 1.82) is 0 Å². The van der Waals surface area contributed by atoms with E-state index in [1.807, 2.05) is 13.0 Å². The molecule has 2 aromatic heterocycles. The largest absolute Gasteiger partial charge is 0.345 e. The van der Waals surface area contributed by atoms with Crippen LogP contribution in [0.1, 0.15) is 46.3 Å². The normalized spacial score (nSPS) is 15.7. The number of nitrogens with zero attached hydrogens (tertiary/aromatic N) is 2. The molecule has 0 spiro atoms. The Labute approximate surface area is 157 Å². The molecule has 0 radical (unpaired) electrons. The number of thiazole rings is 1. The lowest BCUT2D eigenvalue weighted by Crippen LogP contribution is -2.28. The van der Waals surface area contributed by atoms with Gasteiger partial charge in [-0.1, -0.05) is 29.8 Å². The van der Waals surface area contributed by atoms with E-state index in [4.69, 9.17) is 0 Å². The molecule has 1 saturated carbocycles. The molecule has 4 nitrogen and oxygen atoms in total. The number of hydrogen-bond donors (Lipinski definition) is 1. The molecule has 1 N–H and O–H groups in total. The summed E-state index contributed by atoms with van der Waals surface area (Å²) in [5.41, 5.74) is 4.34. The van der Waals surface area contributed by atoms with Crippen molar-refractivity contribution >= 4 is 28.3 Å². The second-order valence-corrected chi connectivity index (χ2v) is 8.36. The van der Waals surface area contributed by atoms with Crippen molar-refractivity contribution < 1.29 is 4.79 Å². The quantitative estimate of drug-likeness (QED) is 0.672. The van der Waals surface area contributed by atoms with Gasteiger partial charge in [-0.3, -0.25) is 9.20 Å². The highest BCUT2D eigenvalue weighted by molar-refractivity contribution is 7.17. The van der Waals surface area contributed by atoms with Crippen molar-refractivity contribution in [3.63, 3.8) is 0 Å². The summed E-state index contributed by atoms with van der Waals surface area (Å²) < 4.78 is 2.05. The van der Waals surface area contributed by atoms with E-state index in [1.54, 1.807) is 17.4 Å². The van der Waals surface area contributed by atoms with Crippen LogP contribution >= 0.6 is 11.3 Å². The zero-order valence-corrected chi connectivity index (χ0v) is 16.1. The van der Waals surface area contributed by atoms with Crippen LogP contribution < -0.4 is 5.32 Å². The zero-order valence-electron chi connectivity index (χ0n) is 15.3. The Morgan fingerprint density at radius 1 is 1.27 bits per heavy atom. The molecule has 0 bridgehead atoms. The molecule has 1 aliphatic rings. The molecule has 4 rings (SSSR count). The number of carbonyl (C=O) groups is 1. The van der Waals surface area contributed by atoms with Gasteiger partial charge in [0.15, 0.2) is 4.96 Å². The molecule has 5 heteroatoms. The van der Waals surface area contributed by atoms with Crippen molar-refractivity contribution in [2.75, 3.05) is 0 Å². The summed E-state index contributed by atoms with van der Waals surface area (Å²) in [6.45, 7) is 6.13. The molecular weight excluding hydrogens is 342 g/mol. The summed E-state index contributed by atoms with van der Waals surface area (Å²) in [6, 6.07) is 8.57. The van der Waals surface area contributed by atoms with E-state index in [-0.39, 0.29) is 11.9 Å². The van der Waals surface area contributed by atoms with E-state index in [9.17, 15) is 4.79 Å². The van der Waals surface area contributed by atoms with E-state index in [0.717, 1.165) is 16.3 Å². The smallest absolute Gasteiger partial charge is 0.244 e. The van der Waals surface area contributed by atoms with Crippen LogP contribution in [0.4, 0.5) is 0 Å². The number of rotatable bonds is 5. The molecule has 0 saturated heterocycles. The zero-order chi connectivity index (χ0) is 18.3. The van der Waals surface area contributed by atoms with Gasteiger partial charge in [0.2, 0.25) is 5.91 Å². The number of aryl methyl sites for hydroxylation is 3. The van der Waals surface area contributed by atoms with Crippen molar-refractivity contribution in [3.8, 4) is 0 Å². The number of aromatic nitrogens is 2. The molecule has 0 aliphatic heterocycles. The maximum absolute atomic E-state index is 12.5. The lowest BCUT2D eigenvalue weighted by Gasteiger charge is -2.18. The van der Waals surface area contributed by atoms with Gasteiger partial charge in [0.25, 0.3) is 0 Å². The monoisotopic (exact) mass is 365 g/mol. The summed E-state index contributed by atoms with van der Waals surface area (Å²) in [6.07, 6.45) is 7.93. The first-order valence-corrected chi connectivity index (χ1v) is 9.83. The van der Waals surface area contributed by atoms with Crippen LogP contribution in [0.3, 0.4) is 0 Å². The van der Waals surface area contributed by atoms with Gasteiger partial charge in [-0.2, -0.15) is 0 Å². The summed E-state index contributed by atoms with van der Waals surface area (Å²) in [5.74, 6) is 0.502. The predicted octanol–water partition coefficient (Wildman–Crippen LogP) is 4.60. The van der Waals surface area contributed by atoms with Gasteiger partial charge in [-0.05, 0) is 51.2 Å². The number of hydrogen-bond acceptors (Lipinski definition) is 3. The molecule has 26 heavy (non-hydrogen) atoms. The first kappa shape index (κ1) is 17.0. The van der Waals surface area contributed by atoms with E-state index in [1.165, 1.54) is 28.8 Å². The topological polar surface area (TPSA) is 46.4 Å². The highest BCUT2D eigenvalue weighted by Gasteiger charge is 2.33. The number of fused-ring (bicyclic) bond motifs is 1. The maximum atomic E-state index is 12.5. The minimum Gasteiger partial charge on any atom is -0.345 e. The van der Waals surface area contributed by atoms with Crippen LogP contribution in [-0.4, -0.2) is 15.3 Å². The van der Waals surface area contributed by atoms with Crippen LogP contribution in [0.15, 0.2) is 36.5 Å². The predicted molar refractivity (Wildman–Crippen MR) is 106 cm³/mol. The van der Waals surface area contributed by atoms with Crippen molar-refractivity contribution in [2.45, 2.75) is 39.7 Å². The van der Waals surface area contributed by atoms with Crippen LogP contribution in [0.25, 0.3) is 11.0 Å². The molecule has 134 valence electrons. The Hall–Kier alpha value is -2.40. The van der Waals surface area contributed by atoms with Crippen LogP contribution in [0, 0.1) is 26.7 Å². The van der Waals surface area contributed by atoms with Gasteiger partial charge in [0, 0.05) is 17.2 Å². The second kappa shape index (κ2) is 6.72. The number of imidazole rings is 1. The van der Waals surface area contributed by atoms with E-state index in [0.29, 0.717) is 5.92 Å². The number of benzene rings is 1. The molecule has 1 atom stereocenters. The molecule has 1 unspecified atom stereocenters. The van der Waals surface area contributed by atoms with Crippen LogP contribution in [-0.2, 0) is 4.79 Å². The Balaban J connectivity index is 1.52. The number of amides is 1. The number of carbonyl (C=O) groups excluding carboxylic acids is 1. The first-order chi connectivity index (χ1) is 12.5. The second-order valence-electron chi connectivity index (χ2n) is 7.14. The Bertz CT molecular complexity index is 977. The van der Waals surface area contributed by atoms with Crippen molar-refractivity contribution in [1.82, 2.24) is 14.7 Å². The third kappa shape index (κ3) is 3.44. The standard InChI is InChI=1S/C21H23N3OS/c1-13-4-6-16(7-5-13)20(17-8-9-17)23-19(25)11-10-18-15(3)22-21-24(18)12-14(2)26-21/h4-7,10-12,17,20H,8-9H2,1-3H3,(H,23,25)/b11-10+. The molecule has 1 fully saturated rings. The van der Waals surface area contributed by atoms with Gasteiger partial charge in [-0.25, -0.2) is 4.98 Å². The maximum Gasteiger partial charge on any atom is 0.244 e. The van der Waals surface area contributed by atoms with E-state index < -0.39 is 0 Å². The van der Waals surface area contributed by atoms with E-state index >= 15 is 0 Å². The molecule has 1 aromatic carbocycles. The fourth-order valence-corrected chi connectivity index (χ4v) is 4.19. The number of nitrogens with one attached hydrogen (secondary N) is 1. The average molecular weight is 366 g/mol. The average Bonchev–Trinajstić information content (AvgIpc) is 3.32. The Morgan fingerprint density at radius 2 is 2.00 bits per heavy atom. The van der Waals surface area contributed by atoms with Gasteiger partial charge in [-0.15, -0.1) is 11.3 Å². The minimum atomic E-state index is -0.0521. The molecular formula is C21H23N3OS. The third-order valence-corrected chi connectivity index (χ3v) is 5.78. The highest BCUT2D eigenvalue weighted by atomic mass is 32.1. The van der Waals surface area contributed by atoms with Crippen LogP contribution in [0.5, 0.6) is 0 Å². The summed E-state index contributed by atoms with van der Waals surface area (Å²) in [4.78, 5) is 19.3. The van der Waals surface area contributed by atoms with Crippen molar-refractivity contribution in [2.24, 2.45) is 5.92 Å². The summed E-state index contributed by atoms with van der Waals surface area (Å²) in [7, 11) is 0. The Morgan fingerprint density at radius 3 is 2.69 bits per heavy atom. The molecule has 1 amide bonds. The summed E-state index contributed by atoms with van der Waals surface area (Å²) >= 11 is 1.66. The summed E-state index contributed by atoms with van der Waals surface area (Å²) in [5, 5.41) is 3.20. The van der Waals surface area contributed by atoms with Gasteiger partial charge in [0.05, 0.1) is 17.4 Å².